The van der Waals surface area contributed by atoms with Gasteiger partial charge in [-0.15, -0.1) is 0 Å². The summed E-state index contributed by atoms with van der Waals surface area (Å²) in [4.78, 5) is 30.2. The number of rotatable bonds is 6. The fraction of sp³-hybridized carbons (Fsp3) is 0.0800. The first-order chi connectivity index (χ1) is 16.2. The van der Waals surface area contributed by atoms with E-state index in [4.69, 9.17) is 9.88 Å². The minimum atomic E-state index is -3.93. The molecular formula is C25H21N3O5S. The van der Waals surface area contributed by atoms with E-state index in [0.29, 0.717) is 16.6 Å². The molecule has 4 rings (SSSR count). The highest BCUT2D eigenvalue weighted by Gasteiger charge is 2.22. The molecule has 4 aromatic rings. The molecule has 172 valence electrons. The number of amides is 1. The number of primary sulfonamides is 1. The van der Waals surface area contributed by atoms with Crippen molar-refractivity contribution in [2.75, 3.05) is 5.32 Å². The summed E-state index contributed by atoms with van der Waals surface area (Å²) in [7, 11) is -3.93. The highest BCUT2D eigenvalue weighted by Crippen LogP contribution is 2.26. The number of hydrogen-bond donors (Lipinski definition) is 2. The maximum Gasteiger partial charge on any atom is 0.339 e. The van der Waals surface area contributed by atoms with Crippen molar-refractivity contribution >= 4 is 38.5 Å². The van der Waals surface area contributed by atoms with Crippen LogP contribution in [0.3, 0.4) is 0 Å². The molecule has 34 heavy (non-hydrogen) atoms. The topological polar surface area (TPSA) is 128 Å². The summed E-state index contributed by atoms with van der Waals surface area (Å²) in [5.41, 5.74) is 2.54. The van der Waals surface area contributed by atoms with Gasteiger partial charge in [0.25, 0.3) is 5.91 Å². The number of nitrogens with one attached hydrogen (secondary N) is 1. The van der Waals surface area contributed by atoms with Gasteiger partial charge in [0.1, 0.15) is 0 Å². The largest absolute Gasteiger partial charge is 0.449 e. The normalized spacial score (nSPS) is 12.2. The van der Waals surface area contributed by atoms with E-state index in [9.17, 15) is 18.0 Å². The Morgan fingerprint density at radius 2 is 1.65 bits per heavy atom. The van der Waals surface area contributed by atoms with Gasteiger partial charge in [0.05, 0.1) is 21.7 Å². The molecular weight excluding hydrogens is 454 g/mol. The quantitative estimate of drug-likeness (QED) is 0.409. The number of para-hydroxylation sites is 1. The van der Waals surface area contributed by atoms with Crippen molar-refractivity contribution in [3.05, 3.63) is 90.5 Å². The van der Waals surface area contributed by atoms with E-state index in [-0.39, 0.29) is 16.1 Å². The molecule has 0 aliphatic heterocycles. The molecule has 8 nitrogen and oxygen atoms in total. The van der Waals surface area contributed by atoms with E-state index < -0.39 is 28.0 Å². The van der Waals surface area contributed by atoms with Crippen LogP contribution in [0.2, 0.25) is 0 Å². The number of sulfonamides is 1. The maximum absolute atomic E-state index is 13.1. The zero-order valence-electron chi connectivity index (χ0n) is 18.1. The van der Waals surface area contributed by atoms with E-state index in [1.807, 2.05) is 36.4 Å². The van der Waals surface area contributed by atoms with E-state index in [1.165, 1.54) is 31.2 Å². The summed E-state index contributed by atoms with van der Waals surface area (Å²) < 4.78 is 28.5. The predicted octanol–water partition coefficient (Wildman–Crippen LogP) is 3.73. The lowest BCUT2D eigenvalue weighted by atomic mass is 10.0. The average Bonchev–Trinajstić information content (AvgIpc) is 2.83. The summed E-state index contributed by atoms with van der Waals surface area (Å²) in [6.45, 7) is 1.43. The lowest BCUT2D eigenvalue weighted by molar-refractivity contribution is -0.123. The first kappa shape index (κ1) is 23.1. The predicted molar refractivity (Wildman–Crippen MR) is 129 cm³/mol. The van der Waals surface area contributed by atoms with Gasteiger partial charge in [-0.05, 0) is 37.3 Å². The van der Waals surface area contributed by atoms with Crippen LogP contribution in [0.15, 0.2) is 89.8 Å². The van der Waals surface area contributed by atoms with Crippen molar-refractivity contribution < 1.29 is 22.7 Å². The Kier molecular flexibility index (Phi) is 6.40. The van der Waals surface area contributed by atoms with Gasteiger partial charge in [0.2, 0.25) is 10.0 Å². The van der Waals surface area contributed by atoms with Crippen molar-refractivity contribution in [3.63, 3.8) is 0 Å². The van der Waals surface area contributed by atoms with Gasteiger partial charge in [-0.1, -0.05) is 54.6 Å². The molecule has 0 aliphatic rings. The Balaban J connectivity index is 1.57. The number of fused-ring (bicyclic) bond motifs is 1. The summed E-state index contributed by atoms with van der Waals surface area (Å²) in [5.74, 6) is -1.31. The van der Waals surface area contributed by atoms with Crippen LogP contribution in [-0.4, -0.2) is 31.4 Å². The van der Waals surface area contributed by atoms with E-state index in [1.54, 1.807) is 24.3 Å². The number of aromatic nitrogens is 1. The van der Waals surface area contributed by atoms with Gasteiger partial charge in [0, 0.05) is 16.6 Å². The summed E-state index contributed by atoms with van der Waals surface area (Å²) >= 11 is 0. The van der Waals surface area contributed by atoms with Gasteiger partial charge in [-0.25, -0.2) is 23.3 Å². The van der Waals surface area contributed by atoms with E-state index in [2.05, 4.69) is 10.3 Å². The SMILES string of the molecule is CC(OC(=O)c1cc(-c2ccccc2)nc2ccccc12)C(=O)Nc1cccc(S(N)(=O)=O)c1. The molecule has 0 bridgehead atoms. The summed E-state index contributed by atoms with van der Waals surface area (Å²) in [5, 5.41) is 8.27. The maximum atomic E-state index is 13.1. The highest BCUT2D eigenvalue weighted by atomic mass is 32.2. The van der Waals surface area contributed by atoms with Gasteiger partial charge >= 0.3 is 5.97 Å². The third-order valence-electron chi connectivity index (χ3n) is 5.09. The number of esters is 1. The van der Waals surface area contributed by atoms with Crippen LogP contribution in [0.5, 0.6) is 0 Å². The van der Waals surface area contributed by atoms with Crippen LogP contribution in [-0.2, 0) is 19.6 Å². The van der Waals surface area contributed by atoms with Gasteiger partial charge < -0.3 is 10.1 Å². The van der Waals surface area contributed by atoms with Crippen LogP contribution >= 0.6 is 0 Å². The molecule has 0 aliphatic carbocycles. The molecule has 1 atom stereocenters. The van der Waals surface area contributed by atoms with E-state index in [0.717, 1.165) is 5.56 Å². The van der Waals surface area contributed by atoms with Crippen molar-refractivity contribution in [2.45, 2.75) is 17.9 Å². The molecule has 0 radical (unpaired) electrons. The Labute approximate surface area is 196 Å². The number of pyridine rings is 1. The number of nitrogens with two attached hydrogens (primary N) is 1. The van der Waals surface area contributed by atoms with Crippen molar-refractivity contribution in [1.82, 2.24) is 4.98 Å². The number of carbonyl (C=O) groups excluding carboxylic acids is 2. The lowest BCUT2D eigenvalue weighted by Gasteiger charge is -2.15. The number of anilines is 1. The third kappa shape index (κ3) is 5.11. The second-order valence-electron chi connectivity index (χ2n) is 7.55. The van der Waals surface area contributed by atoms with E-state index >= 15 is 0 Å². The smallest absolute Gasteiger partial charge is 0.339 e. The minimum absolute atomic E-state index is 0.147. The first-order valence-electron chi connectivity index (χ1n) is 10.3. The van der Waals surface area contributed by atoms with Crippen molar-refractivity contribution in [3.8, 4) is 11.3 Å². The second kappa shape index (κ2) is 9.42. The molecule has 0 saturated heterocycles. The lowest BCUT2D eigenvalue weighted by Crippen LogP contribution is -2.30. The molecule has 3 N–H and O–H groups in total. The second-order valence-corrected chi connectivity index (χ2v) is 9.11. The zero-order valence-corrected chi connectivity index (χ0v) is 19.0. The molecule has 1 amide bonds. The number of carbonyl (C=O) groups is 2. The van der Waals surface area contributed by atoms with Crippen molar-refractivity contribution in [2.24, 2.45) is 5.14 Å². The number of ether oxygens (including phenoxy) is 1. The molecule has 3 aromatic carbocycles. The zero-order chi connectivity index (χ0) is 24.3. The Hall–Kier alpha value is -4.08. The summed E-state index contributed by atoms with van der Waals surface area (Å²) in [6.07, 6.45) is -1.15. The molecule has 0 fully saturated rings. The molecule has 1 heterocycles. The third-order valence-corrected chi connectivity index (χ3v) is 6.00. The van der Waals surface area contributed by atoms with Crippen LogP contribution < -0.4 is 10.5 Å². The van der Waals surface area contributed by atoms with Crippen LogP contribution in [0.1, 0.15) is 17.3 Å². The van der Waals surface area contributed by atoms with Crippen LogP contribution in [0.25, 0.3) is 22.2 Å². The monoisotopic (exact) mass is 475 g/mol. The highest BCUT2D eigenvalue weighted by molar-refractivity contribution is 7.89. The minimum Gasteiger partial charge on any atom is -0.449 e. The van der Waals surface area contributed by atoms with Crippen molar-refractivity contribution in [1.29, 1.82) is 0 Å². The number of nitrogens with zero attached hydrogens (tertiary/aromatic N) is 1. The Morgan fingerprint density at radius 3 is 2.38 bits per heavy atom. The van der Waals surface area contributed by atoms with Crippen LogP contribution in [0, 0.1) is 0 Å². The standard InChI is InChI=1S/C25H21N3O5S/c1-16(24(29)27-18-10-7-11-19(14-18)34(26,31)32)33-25(30)21-15-23(17-8-3-2-4-9-17)28-22-13-6-5-12-20(21)22/h2-16H,1H3,(H,27,29)(H2,26,31,32). The Bertz CT molecular complexity index is 1490. The van der Waals surface area contributed by atoms with Gasteiger partial charge in [-0.3, -0.25) is 4.79 Å². The molecule has 1 unspecified atom stereocenters. The molecule has 0 saturated carbocycles. The van der Waals surface area contributed by atoms with Crippen LogP contribution in [0.4, 0.5) is 5.69 Å². The fourth-order valence-electron chi connectivity index (χ4n) is 3.37. The fourth-order valence-corrected chi connectivity index (χ4v) is 3.93. The number of benzene rings is 3. The summed E-state index contributed by atoms with van der Waals surface area (Å²) in [6, 6.07) is 23.7. The van der Waals surface area contributed by atoms with Gasteiger partial charge in [-0.2, -0.15) is 0 Å². The molecule has 0 spiro atoms. The van der Waals surface area contributed by atoms with Gasteiger partial charge in [0.15, 0.2) is 6.10 Å². The first-order valence-corrected chi connectivity index (χ1v) is 11.9. The Morgan fingerprint density at radius 1 is 0.941 bits per heavy atom. The number of hydrogen-bond acceptors (Lipinski definition) is 6. The molecule has 1 aromatic heterocycles. The average molecular weight is 476 g/mol. The molecule has 9 heteroatoms.